The predicted molar refractivity (Wildman–Crippen MR) is 66.1 cm³/mol. The first kappa shape index (κ1) is 13.8. The monoisotopic (exact) mass is 276 g/mol. The van der Waals surface area contributed by atoms with Gasteiger partial charge in [-0.2, -0.15) is 0 Å². The van der Waals surface area contributed by atoms with Crippen LogP contribution < -0.4 is 0 Å². The first-order valence-electron chi connectivity index (χ1n) is 6.47. The molecule has 0 aromatic carbocycles. The van der Waals surface area contributed by atoms with Gasteiger partial charge in [0.1, 0.15) is 9.84 Å². The van der Waals surface area contributed by atoms with Crippen molar-refractivity contribution in [2.24, 2.45) is 11.3 Å². The normalized spacial score (nSPS) is 32.6. The summed E-state index contributed by atoms with van der Waals surface area (Å²) in [5.41, 5.74) is -0.983. The number of carboxylic acids is 1. The van der Waals surface area contributed by atoms with Crippen molar-refractivity contribution in [3.05, 3.63) is 0 Å². The molecule has 6 heteroatoms. The van der Waals surface area contributed by atoms with Crippen molar-refractivity contribution in [1.29, 1.82) is 0 Å². The number of rotatable bonds is 6. The van der Waals surface area contributed by atoms with Gasteiger partial charge in [-0.3, -0.25) is 4.79 Å². The molecule has 2 unspecified atom stereocenters. The van der Waals surface area contributed by atoms with Crippen molar-refractivity contribution < 1.29 is 23.1 Å². The Labute approximate surface area is 107 Å². The molecule has 0 bridgehead atoms. The van der Waals surface area contributed by atoms with Crippen molar-refractivity contribution in [2.45, 2.75) is 38.7 Å². The van der Waals surface area contributed by atoms with E-state index in [0.717, 1.165) is 12.8 Å². The van der Waals surface area contributed by atoms with Crippen LogP contribution >= 0.6 is 0 Å². The highest BCUT2D eigenvalue weighted by Gasteiger charge is 2.55. The van der Waals surface area contributed by atoms with Crippen molar-refractivity contribution in [3.63, 3.8) is 0 Å². The van der Waals surface area contributed by atoms with E-state index in [1.54, 1.807) is 6.92 Å². The van der Waals surface area contributed by atoms with E-state index in [4.69, 9.17) is 4.74 Å². The van der Waals surface area contributed by atoms with Gasteiger partial charge in [0.15, 0.2) is 0 Å². The van der Waals surface area contributed by atoms with Crippen LogP contribution in [0.15, 0.2) is 0 Å². The van der Waals surface area contributed by atoms with E-state index in [-0.39, 0.29) is 24.0 Å². The Morgan fingerprint density at radius 2 is 2.11 bits per heavy atom. The summed E-state index contributed by atoms with van der Waals surface area (Å²) in [7, 11) is -3.13. The van der Waals surface area contributed by atoms with Gasteiger partial charge in [0.2, 0.25) is 0 Å². The Hall–Kier alpha value is -0.620. The van der Waals surface area contributed by atoms with Gasteiger partial charge in [0, 0.05) is 12.4 Å². The largest absolute Gasteiger partial charge is 0.481 e. The zero-order valence-corrected chi connectivity index (χ0v) is 11.4. The summed E-state index contributed by atoms with van der Waals surface area (Å²) >= 11 is 0. The molecule has 0 aromatic heterocycles. The first-order valence-corrected chi connectivity index (χ1v) is 8.29. The number of ether oxygens (including phenoxy) is 1. The Balaban J connectivity index is 2.14. The van der Waals surface area contributed by atoms with E-state index in [0.29, 0.717) is 18.9 Å². The first-order chi connectivity index (χ1) is 8.41. The summed E-state index contributed by atoms with van der Waals surface area (Å²) in [6, 6.07) is 0. The standard InChI is InChI=1S/C12H20O5S/c1-2-18(15,16)8-6-12(11(13)14)5-7-17-10(12)9-3-4-9/h9-10H,2-8H2,1H3,(H,13,14). The van der Waals surface area contributed by atoms with Crippen LogP contribution in [0.5, 0.6) is 0 Å². The second-order valence-corrected chi connectivity index (χ2v) is 7.80. The predicted octanol–water partition coefficient (Wildman–Crippen LogP) is 1.08. The van der Waals surface area contributed by atoms with Crippen molar-refractivity contribution in [2.75, 3.05) is 18.1 Å². The molecule has 2 atom stereocenters. The summed E-state index contributed by atoms with van der Waals surface area (Å²) in [6.07, 6.45) is 2.32. The fraction of sp³-hybridized carbons (Fsp3) is 0.917. The molecule has 0 radical (unpaired) electrons. The van der Waals surface area contributed by atoms with Crippen LogP contribution in [0.2, 0.25) is 0 Å². The van der Waals surface area contributed by atoms with Crippen LogP contribution in [0.25, 0.3) is 0 Å². The number of carbonyl (C=O) groups is 1. The third-order valence-electron chi connectivity index (χ3n) is 4.17. The maximum atomic E-state index is 11.6. The van der Waals surface area contributed by atoms with Crippen molar-refractivity contribution in [1.82, 2.24) is 0 Å². The molecule has 18 heavy (non-hydrogen) atoms. The van der Waals surface area contributed by atoms with Crippen LogP contribution in [0.1, 0.15) is 32.6 Å². The smallest absolute Gasteiger partial charge is 0.312 e. The van der Waals surface area contributed by atoms with Crippen LogP contribution in [0, 0.1) is 11.3 Å². The van der Waals surface area contributed by atoms with Gasteiger partial charge in [0.25, 0.3) is 0 Å². The minimum Gasteiger partial charge on any atom is -0.481 e. The molecule has 1 saturated carbocycles. The summed E-state index contributed by atoms with van der Waals surface area (Å²) in [6.45, 7) is 2.02. The summed E-state index contributed by atoms with van der Waals surface area (Å²) in [5.74, 6) is -0.573. The second-order valence-electron chi connectivity index (χ2n) is 5.33. The summed E-state index contributed by atoms with van der Waals surface area (Å²) in [5, 5.41) is 9.51. The molecule has 5 nitrogen and oxygen atoms in total. The lowest BCUT2D eigenvalue weighted by molar-refractivity contribution is -0.153. The highest BCUT2D eigenvalue weighted by Crippen LogP contribution is 2.49. The molecular formula is C12H20O5S. The van der Waals surface area contributed by atoms with Gasteiger partial charge in [-0.25, -0.2) is 8.42 Å². The molecule has 1 saturated heterocycles. The van der Waals surface area contributed by atoms with E-state index in [1.165, 1.54) is 0 Å². The molecule has 2 aliphatic rings. The molecule has 1 N–H and O–H groups in total. The fourth-order valence-electron chi connectivity index (χ4n) is 2.74. The number of hydrogen-bond acceptors (Lipinski definition) is 4. The molecule has 0 aromatic rings. The SMILES string of the molecule is CCS(=O)(=O)CCC1(C(=O)O)CCOC1C1CC1. The highest BCUT2D eigenvalue weighted by atomic mass is 32.2. The molecule has 1 aliphatic carbocycles. The van der Waals surface area contributed by atoms with E-state index >= 15 is 0 Å². The molecule has 1 aliphatic heterocycles. The van der Waals surface area contributed by atoms with Crippen molar-refractivity contribution in [3.8, 4) is 0 Å². The lowest BCUT2D eigenvalue weighted by Gasteiger charge is -2.29. The van der Waals surface area contributed by atoms with E-state index < -0.39 is 21.2 Å². The van der Waals surface area contributed by atoms with Crippen LogP contribution in [0.3, 0.4) is 0 Å². The quantitative estimate of drug-likeness (QED) is 0.785. The Kier molecular flexibility index (Phi) is 3.69. The third-order valence-corrected chi connectivity index (χ3v) is 5.87. The number of carboxylic acid groups (broad SMARTS) is 1. The number of sulfone groups is 1. The van der Waals surface area contributed by atoms with Crippen molar-refractivity contribution >= 4 is 15.8 Å². The lowest BCUT2D eigenvalue weighted by Crippen LogP contribution is -2.41. The average molecular weight is 276 g/mol. The summed E-state index contributed by atoms with van der Waals surface area (Å²) < 4.78 is 28.7. The molecule has 0 spiro atoms. The minimum absolute atomic E-state index is 0.0532. The lowest BCUT2D eigenvalue weighted by atomic mass is 9.76. The van der Waals surface area contributed by atoms with E-state index in [1.807, 2.05) is 0 Å². The van der Waals surface area contributed by atoms with Gasteiger partial charge in [-0.05, 0) is 31.6 Å². The maximum absolute atomic E-state index is 11.6. The van der Waals surface area contributed by atoms with Gasteiger partial charge in [-0.15, -0.1) is 0 Å². The summed E-state index contributed by atoms with van der Waals surface area (Å²) in [4.78, 5) is 11.6. The fourth-order valence-corrected chi connectivity index (χ4v) is 3.70. The van der Waals surface area contributed by atoms with Gasteiger partial charge in [-0.1, -0.05) is 6.92 Å². The molecule has 0 amide bonds. The van der Waals surface area contributed by atoms with Crippen LogP contribution in [0.4, 0.5) is 0 Å². The second kappa shape index (κ2) is 4.81. The van der Waals surface area contributed by atoms with Crippen LogP contribution in [-0.4, -0.2) is 43.7 Å². The maximum Gasteiger partial charge on any atom is 0.312 e. The van der Waals surface area contributed by atoms with Crippen LogP contribution in [-0.2, 0) is 19.4 Å². The Morgan fingerprint density at radius 3 is 2.61 bits per heavy atom. The zero-order chi connectivity index (χ0) is 13.4. The van der Waals surface area contributed by atoms with Gasteiger partial charge >= 0.3 is 5.97 Å². The van der Waals surface area contributed by atoms with E-state index in [2.05, 4.69) is 0 Å². The van der Waals surface area contributed by atoms with Gasteiger partial charge in [0.05, 0.1) is 17.3 Å². The third kappa shape index (κ3) is 2.54. The highest BCUT2D eigenvalue weighted by molar-refractivity contribution is 7.91. The topological polar surface area (TPSA) is 80.7 Å². The number of aliphatic carboxylic acids is 1. The molecule has 104 valence electrons. The van der Waals surface area contributed by atoms with Gasteiger partial charge < -0.3 is 9.84 Å². The Morgan fingerprint density at radius 1 is 1.44 bits per heavy atom. The Bertz CT molecular complexity index is 426. The molecule has 1 heterocycles. The molecule has 2 fully saturated rings. The molecular weight excluding hydrogens is 256 g/mol. The zero-order valence-electron chi connectivity index (χ0n) is 10.6. The minimum atomic E-state index is -3.13. The average Bonchev–Trinajstić information content (AvgIpc) is 3.07. The molecule has 2 rings (SSSR count). The number of hydrogen-bond donors (Lipinski definition) is 1. The van der Waals surface area contributed by atoms with E-state index in [9.17, 15) is 18.3 Å².